The van der Waals surface area contributed by atoms with Gasteiger partial charge in [0.25, 0.3) is 5.91 Å². The summed E-state index contributed by atoms with van der Waals surface area (Å²) < 4.78 is 0. The quantitative estimate of drug-likeness (QED) is 0.616. The number of hydrogen-bond donors (Lipinski definition) is 2. The van der Waals surface area contributed by atoms with Crippen LogP contribution < -0.4 is 10.6 Å². The van der Waals surface area contributed by atoms with Gasteiger partial charge in [0.2, 0.25) is 5.91 Å². The molecule has 1 heterocycles. The van der Waals surface area contributed by atoms with E-state index < -0.39 is 0 Å². The van der Waals surface area contributed by atoms with Gasteiger partial charge in [0.1, 0.15) is 0 Å². The fourth-order valence-corrected chi connectivity index (χ4v) is 3.34. The van der Waals surface area contributed by atoms with E-state index in [2.05, 4.69) is 15.6 Å². The zero-order chi connectivity index (χ0) is 18.7. The Morgan fingerprint density at radius 3 is 2.46 bits per heavy atom. The Labute approximate surface area is 164 Å². The maximum Gasteiger partial charge on any atom is 0.259 e. The zero-order valence-corrected chi connectivity index (χ0v) is 15.9. The van der Waals surface area contributed by atoms with E-state index >= 15 is 0 Å². The minimum atomic E-state index is -0.376. The minimum absolute atomic E-state index is 0.129. The van der Waals surface area contributed by atoms with E-state index in [1.165, 1.54) is 18.3 Å². The number of carbonyl (C=O) groups excluding carboxylic acids is 2. The second-order valence-electron chi connectivity index (χ2n) is 5.35. The van der Waals surface area contributed by atoms with Gasteiger partial charge in [-0.2, -0.15) is 0 Å². The van der Waals surface area contributed by atoms with E-state index in [4.69, 9.17) is 23.2 Å². The molecule has 0 bridgehead atoms. The Morgan fingerprint density at radius 2 is 1.77 bits per heavy atom. The normalized spacial score (nSPS) is 10.4. The van der Waals surface area contributed by atoms with Crippen LogP contribution in [-0.2, 0) is 4.79 Å². The highest BCUT2D eigenvalue weighted by Gasteiger charge is 2.14. The molecule has 0 aliphatic heterocycles. The van der Waals surface area contributed by atoms with Crippen LogP contribution in [0.15, 0.2) is 47.8 Å². The Kier molecular flexibility index (Phi) is 5.56. The monoisotopic (exact) mass is 405 g/mol. The molecule has 5 nitrogen and oxygen atoms in total. The van der Waals surface area contributed by atoms with Gasteiger partial charge in [0.15, 0.2) is 5.13 Å². The number of benzene rings is 2. The highest BCUT2D eigenvalue weighted by atomic mass is 35.5. The molecule has 2 amide bonds. The Balaban J connectivity index is 1.74. The van der Waals surface area contributed by atoms with Crippen LogP contribution in [0.2, 0.25) is 10.0 Å². The molecule has 0 spiro atoms. The highest BCUT2D eigenvalue weighted by molar-refractivity contribution is 7.14. The second kappa shape index (κ2) is 7.86. The van der Waals surface area contributed by atoms with Gasteiger partial charge in [-0.1, -0.05) is 41.4 Å². The average molecular weight is 406 g/mol. The molecule has 2 N–H and O–H groups in total. The number of aromatic nitrogens is 1. The first-order valence-electron chi connectivity index (χ1n) is 7.53. The molecule has 2 aromatic carbocycles. The summed E-state index contributed by atoms with van der Waals surface area (Å²) in [5.74, 6) is -0.504. The van der Waals surface area contributed by atoms with Crippen LogP contribution in [0.3, 0.4) is 0 Å². The molecule has 0 atom stereocenters. The lowest BCUT2D eigenvalue weighted by Crippen LogP contribution is -2.12. The minimum Gasteiger partial charge on any atom is -0.326 e. The lowest BCUT2D eigenvalue weighted by Gasteiger charge is -2.05. The lowest BCUT2D eigenvalue weighted by molar-refractivity contribution is -0.114. The van der Waals surface area contributed by atoms with Crippen LogP contribution in [-0.4, -0.2) is 16.8 Å². The Bertz CT molecular complexity index is 971. The first-order chi connectivity index (χ1) is 12.4. The molecule has 0 fully saturated rings. The van der Waals surface area contributed by atoms with E-state index in [1.54, 1.807) is 30.3 Å². The van der Waals surface area contributed by atoms with Crippen molar-refractivity contribution in [2.75, 3.05) is 10.6 Å². The fourth-order valence-electron chi connectivity index (χ4n) is 2.23. The molecule has 132 valence electrons. The summed E-state index contributed by atoms with van der Waals surface area (Å²) in [4.78, 5) is 27.8. The molecule has 0 radical (unpaired) electrons. The maximum absolute atomic E-state index is 12.4. The molecule has 0 saturated carbocycles. The molecule has 0 aliphatic rings. The standard InChI is InChI=1S/C18H13Cl2N3O2S/c1-10(24)21-12-7-5-11(6-8-12)15-9-26-18(22-15)23-17(25)13-3-2-4-14(19)16(13)20/h2-9H,1H3,(H,21,24)(H,22,23,25). The third kappa shape index (κ3) is 4.22. The number of thiazole rings is 1. The third-order valence-electron chi connectivity index (χ3n) is 3.42. The molecule has 8 heteroatoms. The van der Waals surface area contributed by atoms with Crippen molar-refractivity contribution in [3.63, 3.8) is 0 Å². The molecule has 0 saturated heterocycles. The van der Waals surface area contributed by atoms with Crippen molar-refractivity contribution in [2.45, 2.75) is 6.92 Å². The molecular weight excluding hydrogens is 393 g/mol. The zero-order valence-electron chi connectivity index (χ0n) is 13.5. The van der Waals surface area contributed by atoms with Crippen molar-refractivity contribution in [3.05, 3.63) is 63.5 Å². The van der Waals surface area contributed by atoms with E-state index in [0.717, 1.165) is 11.3 Å². The first-order valence-corrected chi connectivity index (χ1v) is 9.16. The van der Waals surface area contributed by atoms with Crippen molar-refractivity contribution >= 4 is 57.2 Å². The van der Waals surface area contributed by atoms with Crippen molar-refractivity contribution in [1.82, 2.24) is 4.98 Å². The number of rotatable bonds is 4. The van der Waals surface area contributed by atoms with Gasteiger partial charge in [0.05, 0.1) is 21.3 Å². The molecule has 1 aromatic heterocycles. The summed E-state index contributed by atoms with van der Waals surface area (Å²) in [6.45, 7) is 1.45. The van der Waals surface area contributed by atoms with Crippen molar-refractivity contribution in [2.24, 2.45) is 0 Å². The fraction of sp³-hybridized carbons (Fsp3) is 0.0556. The summed E-state index contributed by atoms with van der Waals surface area (Å²) >= 11 is 13.3. The molecule has 3 aromatic rings. The summed E-state index contributed by atoms with van der Waals surface area (Å²) in [6.07, 6.45) is 0. The highest BCUT2D eigenvalue weighted by Crippen LogP contribution is 2.29. The summed E-state index contributed by atoms with van der Waals surface area (Å²) in [5, 5.41) is 8.24. The van der Waals surface area contributed by atoms with E-state index in [0.29, 0.717) is 15.8 Å². The van der Waals surface area contributed by atoms with Gasteiger partial charge >= 0.3 is 0 Å². The topological polar surface area (TPSA) is 71.1 Å². The van der Waals surface area contributed by atoms with Crippen LogP contribution in [0.1, 0.15) is 17.3 Å². The van der Waals surface area contributed by atoms with Crippen LogP contribution in [0.5, 0.6) is 0 Å². The predicted molar refractivity (Wildman–Crippen MR) is 106 cm³/mol. The lowest BCUT2D eigenvalue weighted by atomic mass is 10.1. The number of nitrogens with one attached hydrogen (secondary N) is 2. The number of halogens is 2. The van der Waals surface area contributed by atoms with Gasteiger partial charge in [-0.15, -0.1) is 11.3 Å². The summed E-state index contributed by atoms with van der Waals surface area (Å²) in [5.41, 5.74) is 2.59. The van der Waals surface area contributed by atoms with Gasteiger partial charge in [-0.25, -0.2) is 4.98 Å². The van der Waals surface area contributed by atoms with E-state index in [1.807, 2.05) is 17.5 Å². The summed E-state index contributed by atoms with van der Waals surface area (Å²) in [7, 11) is 0. The van der Waals surface area contributed by atoms with Crippen molar-refractivity contribution in [3.8, 4) is 11.3 Å². The number of hydrogen-bond acceptors (Lipinski definition) is 4. The first kappa shape index (κ1) is 18.4. The van der Waals surface area contributed by atoms with Gasteiger partial charge in [-0.3, -0.25) is 14.9 Å². The van der Waals surface area contributed by atoms with Crippen LogP contribution in [0.25, 0.3) is 11.3 Å². The molecule has 0 unspecified atom stereocenters. The maximum atomic E-state index is 12.4. The molecule has 0 aliphatic carbocycles. The van der Waals surface area contributed by atoms with Crippen molar-refractivity contribution < 1.29 is 9.59 Å². The SMILES string of the molecule is CC(=O)Nc1ccc(-c2csc(NC(=O)c3cccc(Cl)c3Cl)n2)cc1. The molecule has 26 heavy (non-hydrogen) atoms. The van der Waals surface area contributed by atoms with Crippen molar-refractivity contribution in [1.29, 1.82) is 0 Å². The Morgan fingerprint density at radius 1 is 1.04 bits per heavy atom. The summed E-state index contributed by atoms with van der Waals surface area (Å²) in [6, 6.07) is 12.2. The number of anilines is 2. The number of nitrogens with zero attached hydrogens (tertiary/aromatic N) is 1. The van der Waals surface area contributed by atoms with E-state index in [9.17, 15) is 9.59 Å². The van der Waals surface area contributed by atoms with Gasteiger partial charge < -0.3 is 5.32 Å². The largest absolute Gasteiger partial charge is 0.326 e. The van der Waals surface area contributed by atoms with Crippen LogP contribution in [0, 0.1) is 0 Å². The molecular formula is C18H13Cl2N3O2S. The number of amides is 2. The number of carbonyl (C=O) groups is 2. The predicted octanol–water partition coefficient (Wildman–Crippen LogP) is 5.33. The van der Waals surface area contributed by atoms with Crippen LogP contribution in [0.4, 0.5) is 10.8 Å². The van der Waals surface area contributed by atoms with Crippen LogP contribution >= 0.6 is 34.5 Å². The Hall–Kier alpha value is -2.41. The third-order valence-corrected chi connectivity index (χ3v) is 5.00. The van der Waals surface area contributed by atoms with Gasteiger partial charge in [0, 0.05) is 23.6 Å². The smallest absolute Gasteiger partial charge is 0.259 e. The second-order valence-corrected chi connectivity index (χ2v) is 7.00. The molecule has 3 rings (SSSR count). The average Bonchev–Trinajstić information content (AvgIpc) is 3.06. The van der Waals surface area contributed by atoms with E-state index in [-0.39, 0.29) is 22.4 Å². The van der Waals surface area contributed by atoms with Gasteiger partial charge in [-0.05, 0) is 24.3 Å².